The molecule has 0 fully saturated rings. The van der Waals surface area contributed by atoms with Crippen LogP contribution in [0.3, 0.4) is 0 Å². The summed E-state index contributed by atoms with van der Waals surface area (Å²) < 4.78 is 0. The van der Waals surface area contributed by atoms with E-state index < -0.39 is 0 Å². The second kappa shape index (κ2) is 7.63. The molecule has 3 aromatic carbocycles. The lowest BCUT2D eigenvalue weighted by atomic mass is 9.67. The fourth-order valence-electron chi connectivity index (χ4n) is 6.15. The van der Waals surface area contributed by atoms with E-state index in [1.54, 1.807) is 0 Å². The van der Waals surface area contributed by atoms with Crippen molar-refractivity contribution >= 4 is 17.3 Å². The molecule has 37 heavy (non-hydrogen) atoms. The highest BCUT2D eigenvalue weighted by Gasteiger charge is 2.46. The minimum atomic E-state index is -0.190. The summed E-state index contributed by atoms with van der Waals surface area (Å²) in [4.78, 5) is 13.0. The first-order valence-electron chi connectivity index (χ1n) is 13.0. The Labute approximate surface area is 218 Å². The van der Waals surface area contributed by atoms with E-state index in [2.05, 4.69) is 124 Å². The molecule has 2 aliphatic rings. The molecule has 0 saturated heterocycles. The number of hydrogen-bond acceptors (Lipinski definition) is 3. The molecule has 0 aliphatic carbocycles. The Balaban J connectivity index is 1.55. The predicted octanol–water partition coefficient (Wildman–Crippen LogP) is 8.56. The van der Waals surface area contributed by atoms with Crippen LogP contribution in [-0.2, 0) is 10.8 Å². The average molecular weight is 480 g/mol. The van der Waals surface area contributed by atoms with Gasteiger partial charge < -0.3 is 0 Å². The quantitative estimate of drug-likeness (QED) is 0.254. The molecule has 2 aliphatic heterocycles. The van der Waals surface area contributed by atoms with Gasteiger partial charge in [0.15, 0.2) is 0 Å². The van der Waals surface area contributed by atoms with E-state index in [0.717, 1.165) is 34.2 Å². The Morgan fingerprint density at radius 2 is 0.892 bits per heavy atom. The SMILES string of the molecule is CC1(C)c2ccc(-c3ccccc3)nc2N2c3nc(-c4ccccc4)ccc3C(C)(C)c3cccc1c32. The topological polar surface area (TPSA) is 29.0 Å². The molecule has 0 atom stereocenters. The Morgan fingerprint density at radius 1 is 0.459 bits per heavy atom. The second-order valence-electron chi connectivity index (χ2n) is 11.2. The number of nitrogens with zero attached hydrogens (tertiary/aromatic N) is 3. The minimum absolute atomic E-state index is 0.190. The van der Waals surface area contributed by atoms with Crippen LogP contribution in [0.5, 0.6) is 0 Å². The minimum Gasteiger partial charge on any atom is -0.278 e. The van der Waals surface area contributed by atoms with Gasteiger partial charge in [-0.15, -0.1) is 0 Å². The summed E-state index contributed by atoms with van der Waals surface area (Å²) in [7, 11) is 0. The molecule has 4 heterocycles. The van der Waals surface area contributed by atoms with Crippen molar-refractivity contribution in [1.29, 1.82) is 0 Å². The van der Waals surface area contributed by atoms with Crippen LogP contribution in [0, 0.1) is 0 Å². The van der Waals surface area contributed by atoms with Gasteiger partial charge in [0.2, 0.25) is 0 Å². The largest absolute Gasteiger partial charge is 0.278 e. The van der Waals surface area contributed by atoms with E-state index in [1.807, 2.05) is 12.1 Å². The zero-order valence-electron chi connectivity index (χ0n) is 21.7. The van der Waals surface area contributed by atoms with E-state index in [0.29, 0.717) is 0 Å². The molecule has 0 bridgehead atoms. The first kappa shape index (κ1) is 22.0. The fourth-order valence-corrected chi connectivity index (χ4v) is 6.15. The van der Waals surface area contributed by atoms with Crippen molar-refractivity contribution in [3.8, 4) is 22.5 Å². The predicted molar refractivity (Wildman–Crippen MR) is 152 cm³/mol. The van der Waals surface area contributed by atoms with Crippen molar-refractivity contribution in [1.82, 2.24) is 9.97 Å². The summed E-state index contributed by atoms with van der Waals surface area (Å²) in [6, 6.07) is 36.5. The van der Waals surface area contributed by atoms with Crippen LogP contribution in [0.15, 0.2) is 103 Å². The van der Waals surface area contributed by atoms with Crippen molar-refractivity contribution in [3.05, 3.63) is 125 Å². The van der Waals surface area contributed by atoms with Crippen molar-refractivity contribution < 1.29 is 0 Å². The molecule has 7 rings (SSSR count). The van der Waals surface area contributed by atoms with Crippen LogP contribution in [0.1, 0.15) is 49.9 Å². The summed E-state index contributed by atoms with van der Waals surface area (Å²) in [6.07, 6.45) is 0. The van der Waals surface area contributed by atoms with E-state index in [4.69, 9.17) is 9.97 Å². The zero-order valence-corrected chi connectivity index (χ0v) is 21.7. The highest BCUT2D eigenvalue weighted by molar-refractivity contribution is 5.91. The summed E-state index contributed by atoms with van der Waals surface area (Å²) >= 11 is 0. The standard InChI is InChI=1S/C34H29N3/c1-33(2)24-16-11-17-25-30(24)37(31-26(33)18-20-28(35-31)22-12-7-5-8-13-22)32-27(34(25,3)4)19-21-29(36-32)23-14-9-6-10-15-23/h5-21H,1-4H3. The van der Waals surface area contributed by atoms with Gasteiger partial charge in [0, 0.05) is 33.1 Å². The summed E-state index contributed by atoms with van der Waals surface area (Å²) in [5.41, 5.74) is 10.1. The highest BCUT2D eigenvalue weighted by atomic mass is 15.3. The molecular weight excluding hydrogens is 450 g/mol. The molecule has 3 heteroatoms. The third-order valence-corrected chi connectivity index (χ3v) is 8.27. The molecule has 0 radical (unpaired) electrons. The Morgan fingerprint density at radius 3 is 1.32 bits per heavy atom. The molecule has 5 aromatic rings. The van der Waals surface area contributed by atoms with E-state index in [1.165, 1.54) is 27.9 Å². The number of aromatic nitrogens is 2. The van der Waals surface area contributed by atoms with Crippen molar-refractivity contribution in [2.45, 2.75) is 38.5 Å². The van der Waals surface area contributed by atoms with Crippen LogP contribution < -0.4 is 4.90 Å². The van der Waals surface area contributed by atoms with Crippen molar-refractivity contribution in [3.63, 3.8) is 0 Å². The molecule has 2 aromatic heterocycles. The number of rotatable bonds is 2. The Bertz CT molecular complexity index is 1550. The van der Waals surface area contributed by atoms with Crippen LogP contribution in [0.4, 0.5) is 17.3 Å². The summed E-state index contributed by atoms with van der Waals surface area (Å²) in [6.45, 7) is 9.27. The molecule has 0 spiro atoms. The van der Waals surface area contributed by atoms with E-state index in [9.17, 15) is 0 Å². The third kappa shape index (κ3) is 3.07. The lowest BCUT2D eigenvalue weighted by molar-refractivity contribution is 0.591. The number of pyridine rings is 2. The number of anilines is 3. The maximum Gasteiger partial charge on any atom is 0.143 e. The number of benzene rings is 3. The molecule has 0 saturated carbocycles. The highest BCUT2D eigenvalue weighted by Crippen LogP contribution is 2.59. The number of fused-ring (bicyclic) bond motifs is 4. The third-order valence-electron chi connectivity index (χ3n) is 8.27. The van der Waals surface area contributed by atoms with Gasteiger partial charge in [0.1, 0.15) is 11.6 Å². The van der Waals surface area contributed by atoms with E-state index >= 15 is 0 Å². The first-order chi connectivity index (χ1) is 17.9. The Hall–Kier alpha value is -4.24. The lowest BCUT2D eigenvalue weighted by Crippen LogP contribution is -2.39. The molecule has 180 valence electrons. The van der Waals surface area contributed by atoms with Gasteiger partial charge in [-0.25, -0.2) is 9.97 Å². The lowest BCUT2D eigenvalue weighted by Gasteiger charge is -2.48. The number of para-hydroxylation sites is 1. The monoisotopic (exact) mass is 479 g/mol. The average Bonchev–Trinajstić information content (AvgIpc) is 2.93. The van der Waals surface area contributed by atoms with Gasteiger partial charge in [0.05, 0.1) is 17.1 Å². The fraction of sp³-hybridized carbons (Fsp3) is 0.176. The molecule has 0 N–H and O–H groups in total. The second-order valence-corrected chi connectivity index (χ2v) is 11.2. The number of hydrogen-bond donors (Lipinski definition) is 0. The normalized spacial score (nSPS) is 15.9. The smallest absolute Gasteiger partial charge is 0.143 e. The van der Waals surface area contributed by atoms with E-state index in [-0.39, 0.29) is 10.8 Å². The van der Waals surface area contributed by atoms with Gasteiger partial charge in [-0.1, -0.05) is 119 Å². The van der Waals surface area contributed by atoms with Gasteiger partial charge in [-0.2, -0.15) is 0 Å². The van der Waals surface area contributed by atoms with Crippen molar-refractivity contribution in [2.75, 3.05) is 4.90 Å². The van der Waals surface area contributed by atoms with Crippen LogP contribution >= 0.6 is 0 Å². The zero-order chi connectivity index (χ0) is 25.4. The molecule has 0 amide bonds. The molecule has 3 nitrogen and oxygen atoms in total. The van der Waals surface area contributed by atoms with Crippen LogP contribution in [-0.4, -0.2) is 9.97 Å². The summed E-state index contributed by atoms with van der Waals surface area (Å²) in [5, 5.41) is 0. The van der Waals surface area contributed by atoms with Crippen molar-refractivity contribution in [2.24, 2.45) is 0 Å². The maximum atomic E-state index is 5.34. The van der Waals surface area contributed by atoms with Crippen LogP contribution in [0.25, 0.3) is 22.5 Å². The van der Waals surface area contributed by atoms with Crippen LogP contribution in [0.2, 0.25) is 0 Å². The first-order valence-corrected chi connectivity index (χ1v) is 13.0. The van der Waals surface area contributed by atoms with Gasteiger partial charge in [-0.05, 0) is 23.3 Å². The Kier molecular flexibility index (Phi) is 4.54. The molecule has 0 unspecified atom stereocenters. The van der Waals surface area contributed by atoms with Gasteiger partial charge in [0.25, 0.3) is 0 Å². The van der Waals surface area contributed by atoms with Gasteiger partial charge in [-0.3, -0.25) is 4.90 Å². The van der Waals surface area contributed by atoms with Gasteiger partial charge >= 0.3 is 0 Å². The maximum absolute atomic E-state index is 5.34. The summed E-state index contributed by atoms with van der Waals surface area (Å²) in [5.74, 6) is 1.95. The molecular formula is C34H29N3.